The van der Waals surface area contributed by atoms with Gasteiger partial charge in [-0.15, -0.1) is 11.3 Å². The fourth-order valence-electron chi connectivity index (χ4n) is 1.93. The first kappa shape index (κ1) is 9.12. The zero-order valence-electron chi connectivity index (χ0n) is 7.44. The van der Waals surface area contributed by atoms with Crippen LogP contribution in [0.4, 0.5) is 0 Å². The van der Waals surface area contributed by atoms with Gasteiger partial charge < -0.3 is 10.8 Å². The highest BCUT2D eigenvalue weighted by atomic mass is 32.1. The largest absolute Gasteiger partial charge is 0.389 e. The first-order valence-electron chi connectivity index (χ1n) is 4.54. The minimum atomic E-state index is -0.586. The van der Waals surface area contributed by atoms with Crippen LogP contribution in [0.25, 0.3) is 0 Å². The van der Waals surface area contributed by atoms with E-state index in [0.717, 1.165) is 17.8 Å². The standard InChI is InChI=1S/C9H14N2OS/c10-7-1-2-9(12,5-7)6-8-11-3-4-13-8/h3-4,7,12H,1-2,5-6,10H2. The predicted octanol–water partition coefficient (Wildman–Crippen LogP) is 0.928. The van der Waals surface area contributed by atoms with E-state index in [1.807, 2.05) is 5.38 Å². The molecular formula is C9H14N2OS. The molecule has 1 aromatic rings. The molecule has 1 fully saturated rings. The Morgan fingerprint density at radius 1 is 1.77 bits per heavy atom. The Hall–Kier alpha value is -0.450. The molecule has 2 atom stereocenters. The van der Waals surface area contributed by atoms with Crippen LogP contribution in [0.3, 0.4) is 0 Å². The summed E-state index contributed by atoms with van der Waals surface area (Å²) in [5, 5.41) is 13.1. The van der Waals surface area contributed by atoms with Crippen LogP contribution < -0.4 is 5.73 Å². The lowest BCUT2D eigenvalue weighted by atomic mass is 9.98. The SMILES string of the molecule is NC1CCC(O)(Cc2nccs2)C1. The summed E-state index contributed by atoms with van der Waals surface area (Å²) in [5.74, 6) is 0. The highest BCUT2D eigenvalue weighted by molar-refractivity contribution is 7.09. The molecule has 3 nitrogen and oxygen atoms in total. The minimum absolute atomic E-state index is 0.171. The molecule has 2 unspecified atom stereocenters. The molecule has 13 heavy (non-hydrogen) atoms. The lowest BCUT2D eigenvalue weighted by molar-refractivity contribution is 0.0468. The van der Waals surface area contributed by atoms with Crippen molar-refractivity contribution in [2.45, 2.75) is 37.3 Å². The zero-order valence-corrected chi connectivity index (χ0v) is 8.26. The summed E-state index contributed by atoms with van der Waals surface area (Å²) >= 11 is 1.60. The lowest BCUT2D eigenvalue weighted by Gasteiger charge is -2.20. The van der Waals surface area contributed by atoms with Crippen LogP contribution in [0.2, 0.25) is 0 Å². The van der Waals surface area contributed by atoms with E-state index in [4.69, 9.17) is 5.73 Å². The van der Waals surface area contributed by atoms with E-state index in [-0.39, 0.29) is 6.04 Å². The van der Waals surface area contributed by atoms with Gasteiger partial charge >= 0.3 is 0 Å². The molecule has 1 aliphatic carbocycles. The van der Waals surface area contributed by atoms with Crippen molar-refractivity contribution in [3.63, 3.8) is 0 Å². The third kappa shape index (κ3) is 2.07. The van der Waals surface area contributed by atoms with Gasteiger partial charge in [-0.3, -0.25) is 0 Å². The maximum atomic E-state index is 10.1. The van der Waals surface area contributed by atoms with Gasteiger partial charge in [-0.25, -0.2) is 4.98 Å². The van der Waals surface area contributed by atoms with Crippen LogP contribution in [-0.2, 0) is 6.42 Å². The highest BCUT2D eigenvalue weighted by Gasteiger charge is 2.36. The Morgan fingerprint density at radius 3 is 3.15 bits per heavy atom. The average Bonchev–Trinajstić information content (AvgIpc) is 2.62. The number of nitrogens with two attached hydrogens (primary N) is 1. The molecule has 3 N–H and O–H groups in total. The third-order valence-corrected chi connectivity index (χ3v) is 3.37. The van der Waals surface area contributed by atoms with Crippen molar-refractivity contribution in [2.75, 3.05) is 0 Å². The van der Waals surface area contributed by atoms with Gasteiger partial charge in [0.25, 0.3) is 0 Å². The topological polar surface area (TPSA) is 59.1 Å². The Kier molecular flexibility index (Phi) is 2.36. The lowest BCUT2D eigenvalue weighted by Crippen LogP contribution is -2.30. The molecule has 0 bridgehead atoms. The van der Waals surface area contributed by atoms with Crippen molar-refractivity contribution in [2.24, 2.45) is 5.73 Å². The first-order valence-corrected chi connectivity index (χ1v) is 5.42. The van der Waals surface area contributed by atoms with E-state index in [1.165, 1.54) is 0 Å². The molecule has 4 heteroatoms. The molecule has 0 radical (unpaired) electrons. The van der Waals surface area contributed by atoms with Crippen molar-refractivity contribution in [3.8, 4) is 0 Å². The molecule has 0 saturated heterocycles. The number of aliphatic hydroxyl groups is 1. The summed E-state index contributed by atoms with van der Waals surface area (Å²) in [6.45, 7) is 0. The summed E-state index contributed by atoms with van der Waals surface area (Å²) in [7, 11) is 0. The normalized spacial score (nSPS) is 33.8. The van der Waals surface area contributed by atoms with E-state index in [9.17, 15) is 5.11 Å². The van der Waals surface area contributed by atoms with Crippen LogP contribution in [0.1, 0.15) is 24.3 Å². The molecule has 1 aromatic heterocycles. The van der Waals surface area contributed by atoms with Crippen LogP contribution in [0.15, 0.2) is 11.6 Å². The Bertz CT molecular complexity index is 275. The Balaban J connectivity index is 2.01. The number of thiazole rings is 1. The highest BCUT2D eigenvalue weighted by Crippen LogP contribution is 2.32. The first-order chi connectivity index (χ1) is 6.18. The van der Waals surface area contributed by atoms with Gasteiger partial charge in [0.05, 0.1) is 10.6 Å². The number of nitrogens with zero attached hydrogens (tertiary/aromatic N) is 1. The van der Waals surface area contributed by atoms with Crippen LogP contribution >= 0.6 is 11.3 Å². The maximum Gasteiger partial charge on any atom is 0.0953 e. The average molecular weight is 198 g/mol. The van der Waals surface area contributed by atoms with Gasteiger partial charge in [-0.1, -0.05) is 0 Å². The summed E-state index contributed by atoms with van der Waals surface area (Å²) in [5.41, 5.74) is 5.18. The molecule has 1 aliphatic rings. The van der Waals surface area contributed by atoms with E-state index in [2.05, 4.69) is 4.98 Å². The zero-order chi connectivity index (χ0) is 9.31. The molecule has 72 valence electrons. The molecule has 1 saturated carbocycles. The quantitative estimate of drug-likeness (QED) is 0.743. The molecular weight excluding hydrogens is 184 g/mol. The molecule has 0 amide bonds. The van der Waals surface area contributed by atoms with Crippen molar-refractivity contribution in [1.82, 2.24) is 4.98 Å². The van der Waals surface area contributed by atoms with E-state index >= 15 is 0 Å². The number of rotatable bonds is 2. The van der Waals surface area contributed by atoms with Crippen LogP contribution in [0.5, 0.6) is 0 Å². The summed E-state index contributed by atoms with van der Waals surface area (Å²) in [6.07, 6.45) is 4.90. The van der Waals surface area contributed by atoms with Crippen LogP contribution in [-0.4, -0.2) is 21.7 Å². The predicted molar refractivity (Wildman–Crippen MR) is 52.6 cm³/mol. The van der Waals surface area contributed by atoms with Gasteiger partial charge in [-0.2, -0.15) is 0 Å². The molecule has 2 rings (SSSR count). The molecule has 1 heterocycles. The Labute approximate surface area is 81.6 Å². The van der Waals surface area contributed by atoms with E-state index in [1.54, 1.807) is 17.5 Å². The van der Waals surface area contributed by atoms with E-state index < -0.39 is 5.60 Å². The van der Waals surface area contributed by atoms with Gasteiger partial charge in [0.2, 0.25) is 0 Å². The minimum Gasteiger partial charge on any atom is -0.389 e. The van der Waals surface area contributed by atoms with Gasteiger partial charge in [0.1, 0.15) is 0 Å². The van der Waals surface area contributed by atoms with Crippen molar-refractivity contribution in [1.29, 1.82) is 0 Å². The summed E-state index contributed by atoms with van der Waals surface area (Å²) in [4.78, 5) is 4.17. The van der Waals surface area contributed by atoms with Gasteiger partial charge in [0.15, 0.2) is 0 Å². The van der Waals surface area contributed by atoms with Crippen molar-refractivity contribution in [3.05, 3.63) is 16.6 Å². The van der Waals surface area contributed by atoms with Crippen LogP contribution in [0, 0.1) is 0 Å². The van der Waals surface area contributed by atoms with E-state index in [0.29, 0.717) is 12.8 Å². The van der Waals surface area contributed by atoms with Crippen molar-refractivity contribution < 1.29 is 5.11 Å². The second-order valence-electron chi connectivity index (χ2n) is 3.83. The fraction of sp³-hybridized carbons (Fsp3) is 0.667. The maximum absolute atomic E-state index is 10.1. The number of hydrogen-bond acceptors (Lipinski definition) is 4. The van der Waals surface area contributed by atoms with Gasteiger partial charge in [0, 0.05) is 24.0 Å². The number of hydrogen-bond donors (Lipinski definition) is 2. The summed E-state index contributed by atoms with van der Waals surface area (Å²) < 4.78 is 0. The van der Waals surface area contributed by atoms with Crippen molar-refractivity contribution >= 4 is 11.3 Å². The second-order valence-corrected chi connectivity index (χ2v) is 4.81. The molecule has 0 aliphatic heterocycles. The third-order valence-electron chi connectivity index (χ3n) is 2.59. The molecule has 0 aromatic carbocycles. The monoisotopic (exact) mass is 198 g/mol. The smallest absolute Gasteiger partial charge is 0.0953 e. The molecule has 0 spiro atoms. The summed E-state index contributed by atoms with van der Waals surface area (Å²) in [6, 6.07) is 0.171. The second kappa shape index (κ2) is 3.36. The fourth-order valence-corrected chi connectivity index (χ4v) is 2.68. The Morgan fingerprint density at radius 2 is 2.62 bits per heavy atom. The number of aromatic nitrogens is 1. The van der Waals surface area contributed by atoms with Gasteiger partial charge in [-0.05, 0) is 19.3 Å².